The summed E-state index contributed by atoms with van der Waals surface area (Å²) in [5.74, 6) is 1.46. The predicted octanol–water partition coefficient (Wildman–Crippen LogP) is 1.23. The fourth-order valence-electron chi connectivity index (χ4n) is 4.11. The topological polar surface area (TPSA) is 86.8 Å². The number of carbonyl (C=O) groups is 1. The highest BCUT2D eigenvalue weighted by atomic mass is 16.5. The molecule has 2 aromatic heterocycles. The van der Waals surface area contributed by atoms with E-state index in [-0.39, 0.29) is 11.4 Å². The van der Waals surface area contributed by atoms with Crippen LogP contribution in [0.5, 0.6) is 0 Å². The zero-order valence-electron chi connectivity index (χ0n) is 13.5. The van der Waals surface area contributed by atoms with E-state index in [1.807, 2.05) is 0 Å². The van der Waals surface area contributed by atoms with Crippen LogP contribution in [0.1, 0.15) is 60.3 Å². The Labute approximate surface area is 139 Å². The van der Waals surface area contributed by atoms with Crippen LogP contribution in [0.15, 0.2) is 18.6 Å². The van der Waals surface area contributed by atoms with Gasteiger partial charge < -0.3 is 10.5 Å². The largest absolute Gasteiger partial charge is 0.619 e. The zero-order valence-corrected chi connectivity index (χ0v) is 13.5. The van der Waals surface area contributed by atoms with Crippen molar-refractivity contribution in [2.45, 2.75) is 50.5 Å². The molecule has 2 aromatic rings. The molecule has 0 radical (unpaired) electrons. The third kappa shape index (κ3) is 1.96. The second-order valence-electron chi connectivity index (χ2n) is 7.57. The minimum absolute atomic E-state index is 0.0977. The van der Waals surface area contributed by atoms with Crippen molar-refractivity contribution in [3.8, 4) is 5.82 Å². The molecule has 7 heteroatoms. The predicted molar refractivity (Wildman–Crippen MR) is 84.6 cm³/mol. The fraction of sp³-hybridized carbons (Fsp3) is 0.529. The third-order valence-electron chi connectivity index (χ3n) is 5.73. The summed E-state index contributed by atoms with van der Waals surface area (Å²) >= 11 is 0. The first-order valence-corrected chi connectivity index (χ1v) is 8.54. The molecule has 1 amide bonds. The Morgan fingerprint density at radius 2 is 2.33 bits per heavy atom. The molecule has 24 heavy (non-hydrogen) atoms. The van der Waals surface area contributed by atoms with Gasteiger partial charge in [0.25, 0.3) is 5.91 Å². The summed E-state index contributed by atoms with van der Waals surface area (Å²) in [6.45, 7) is 2.09. The first-order valence-electron chi connectivity index (χ1n) is 8.54. The van der Waals surface area contributed by atoms with Gasteiger partial charge in [-0.25, -0.2) is 9.67 Å². The van der Waals surface area contributed by atoms with Crippen LogP contribution in [-0.4, -0.2) is 26.2 Å². The molecule has 2 saturated carbocycles. The number of hydrogen-bond acceptors (Lipinski definition) is 4. The number of carbonyl (C=O) groups excluding carboxylic acids is 1. The van der Waals surface area contributed by atoms with Gasteiger partial charge in [0.1, 0.15) is 0 Å². The van der Waals surface area contributed by atoms with Crippen molar-refractivity contribution in [1.82, 2.24) is 20.1 Å². The molecule has 5 rings (SSSR count). The van der Waals surface area contributed by atoms with E-state index < -0.39 is 0 Å². The lowest BCUT2D eigenvalue weighted by molar-refractivity contribution is -0.605. The van der Waals surface area contributed by atoms with E-state index >= 15 is 0 Å². The number of nitrogens with zero attached hydrogens (tertiary/aromatic N) is 4. The molecule has 7 nitrogen and oxygen atoms in total. The molecule has 0 saturated heterocycles. The van der Waals surface area contributed by atoms with Crippen LogP contribution in [0.3, 0.4) is 0 Å². The summed E-state index contributed by atoms with van der Waals surface area (Å²) in [7, 11) is 0. The molecule has 3 aliphatic rings. The van der Waals surface area contributed by atoms with E-state index in [0.29, 0.717) is 28.1 Å². The molecule has 0 spiro atoms. The van der Waals surface area contributed by atoms with Gasteiger partial charge in [0, 0.05) is 17.0 Å². The van der Waals surface area contributed by atoms with Gasteiger partial charge in [0.2, 0.25) is 12.0 Å². The van der Waals surface area contributed by atoms with Gasteiger partial charge in [-0.15, -0.1) is 0 Å². The van der Waals surface area contributed by atoms with Crippen LogP contribution in [-0.2, 0) is 6.42 Å². The lowest BCUT2D eigenvalue weighted by Gasteiger charge is -2.38. The van der Waals surface area contributed by atoms with Gasteiger partial charge in [-0.2, -0.15) is 9.83 Å². The van der Waals surface area contributed by atoms with Gasteiger partial charge in [-0.3, -0.25) is 4.79 Å². The molecule has 2 atom stereocenters. The molecular weight excluding hydrogens is 306 g/mol. The van der Waals surface area contributed by atoms with Crippen molar-refractivity contribution < 1.29 is 9.52 Å². The fourth-order valence-corrected chi connectivity index (χ4v) is 4.11. The normalized spacial score (nSPS) is 25.5. The van der Waals surface area contributed by atoms with Gasteiger partial charge in [-0.05, 0) is 44.9 Å². The molecular formula is C17H19N5O2. The van der Waals surface area contributed by atoms with E-state index in [9.17, 15) is 10.0 Å². The van der Waals surface area contributed by atoms with Crippen LogP contribution in [0, 0.1) is 11.1 Å². The highest BCUT2D eigenvalue weighted by molar-refractivity contribution is 5.95. The van der Waals surface area contributed by atoms with Crippen molar-refractivity contribution in [3.05, 3.63) is 40.7 Å². The van der Waals surface area contributed by atoms with Crippen LogP contribution in [0.25, 0.3) is 5.82 Å². The smallest absolute Gasteiger partial charge is 0.272 e. The van der Waals surface area contributed by atoms with E-state index in [1.165, 1.54) is 18.6 Å². The van der Waals surface area contributed by atoms with Crippen LogP contribution in [0.2, 0.25) is 0 Å². The van der Waals surface area contributed by atoms with Gasteiger partial charge >= 0.3 is 0 Å². The Hall–Kier alpha value is -2.44. The zero-order chi connectivity index (χ0) is 16.5. The summed E-state index contributed by atoms with van der Waals surface area (Å²) in [5.41, 5.74) is 2.52. The van der Waals surface area contributed by atoms with E-state index in [4.69, 9.17) is 0 Å². The lowest BCUT2D eigenvalue weighted by Crippen LogP contribution is -2.51. The Bertz CT molecular complexity index is 855. The monoisotopic (exact) mass is 325 g/mol. The molecule has 3 aliphatic carbocycles. The Morgan fingerprint density at radius 1 is 1.50 bits per heavy atom. The van der Waals surface area contributed by atoms with Crippen molar-refractivity contribution in [2.24, 2.45) is 5.92 Å². The second kappa shape index (κ2) is 4.55. The van der Waals surface area contributed by atoms with Crippen LogP contribution >= 0.6 is 0 Å². The quantitative estimate of drug-likeness (QED) is 0.679. The molecule has 0 aliphatic heterocycles. The van der Waals surface area contributed by atoms with Gasteiger partial charge in [0.15, 0.2) is 11.9 Å². The second-order valence-corrected chi connectivity index (χ2v) is 7.57. The minimum Gasteiger partial charge on any atom is -0.619 e. The summed E-state index contributed by atoms with van der Waals surface area (Å²) in [6.07, 6.45) is 9.45. The van der Waals surface area contributed by atoms with Gasteiger partial charge in [-0.1, -0.05) is 0 Å². The molecule has 2 heterocycles. The number of hydrogen-bond donors (Lipinski definition) is 1. The number of nitrogens with one attached hydrogen (secondary N) is 1. The summed E-state index contributed by atoms with van der Waals surface area (Å²) < 4.78 is 2.42. The third-order valence-corrected chi connectivity index (χ3v) is 5.73. The summed E-state index contributed by atoms with van der Waals surface area (Å²) in [4.78, 5) is 17.0. The lowest BCUT2D eigenvalue weighted by atomic mass is 9.78. The SMILES string of the molecule is CC1(NC(=O)c2nn(-c3c[n+]([O-])ccn3)c3c2CC2CC32)CCC1. The Morgan fingerprint density at radius 3 is 3.04 bits per heavy atom. The summed E-state index contributed by atoms with van der Waals surface area (Å²) in [5, 5.41) is 19.3. The maximum absolute atomic E-state index is 12.8. The van der Waals surface area contributed by atoms with Gasteiger partial charge in [0.05, 0.1) is 11.9 Å². The Kier molecular flexibility index (Phi) is 2.65. The number of rotatable bonds is 3. The highest BCUT2D eigenvalue weighted by Crippen LogP contribution is 2.57. The van der Waals surface area contributed by atoms with E-state index in [1.54, 1.807) is 4.68 Å². The van der Waals surface area contributed by atoms with Crippen molar-refractivity contribution in [2.75, 3.05) is 0 Å². The van der Waals surface area contributed by atoms with Crippen molar-refractivity contribution in [3.63, 3.8) is 0 Å². The molecule has 2 fully saturated rings. The molecule has 124 valence electrons. The Balaban J connectivity index is 1.56. The maximum Gasteiger partial charge on any atom is 0.272 e. The maximum atomic E-state index is 12.8. The average molecular weight is 325 g/mol. The van der Waals surface area contributed by atoms with Crippen LogP contribution < -0.4 is 10.0 Å². The number of amides is 1. The number of fused-ring (bicyclic) bond motifs is 3. The van der Waals surface area contributed by atoms with Crippen molar-refractivity contribution >= 4 is 5.91 Å². The molecule has 1 N–H and O–H groups in total. The molecule has 0 bridgehead atoms. The average Bonchev–Trinajstić information content (AvgIpc) is 3.02. The number of aromatic nitrogens is 4. The summed E-state index contributed by atoms with van der Waals surface area (Å²) in [6, 6.07) is 0. The molecule has 2 unspecified atom stereocenters. The molecule has 0 aromatic carbocycles. The van der Waals surface area contributed by atoms with Crippen molar-refractivity contribution in [1.29, 1.82) is 0 Å². The van der Waals surface area contributed by atoms with E-state index in [0.717, 1.165) is 43.4 Å². The standard InChI is InChI=1S/C17H19N5O2/c1-17(3-2-4-17)19-16(23)14-12-8-10-7-11(10)15(12)22(20-14)13-9-21(24)6-5-18-13/h5-6,9-11H,2-4,7-8H2,1H3,(H,19,23). The first-order chi connectivity index (χ1) is 11.5. The first kappa shape index (κ1) is 13.9. The van der Waals surface area contributed by atoms with E-state index in [2.05, 4.69) is 22.3 Å². The highest BCUT2D eigenvalue weighted by Gasteiger charge is 2.50. The minimum atomic E-state index is -0.0989. The van der Waals surface area contributed by atoms with Crippen LogP contribution in [0.4, 0.5) is 0 Å².